The maximum Gasteiger partial charge on any atom is 0.223 e. The van der Waals surface area contributed by atoms with Crippen LogP contribution in [-0.2, 0) is 11.3 Å². The van der Waals surface area contributed by atoms with Gasteiger partial charge >= 0.3 is 0 Å². The molecular formula is C15H15ClN2O2. The molecule has 2 N–H and O–H groups in total. The van der Waals surface area contributed by atoms with Crippen LogP contribution in [0, 0.1) is 0 Å². The van der Waals surface area contributed by atoms with Gasteiger partial charge in [-0.2, -0.15) is 0 Å². The Hall–Kier alpha value is -1.91. The van der Waals surface area contributed by atoms with E-state index < -0.39 is 6.10 Å². The van der Waals surface area contributed by atoms with Gasteiger partial charge in [-0.25, -0.2) is 4.98 Å². The predicted molar refractivity (Wildman–Crippen MR) is 77.1 cm³/mol. The normalized spacial score (nSPS) is 11.9. The summed E-state index contributed by atoms with van der Waals surface area (Å²) in [5, 5.41) is 13.1. The Balaban J connectivity index is 1.82. The third-order valence-corrected chi connectivity index (χ3v) is 3.06. The molecule has 0 saturated carbocycles. The van der Waals surface area contributed by atoms with Crippen LogP contribution in [0.25, 0.3) is 0 Å². The first kappa shape index (κ1) is 14.5. The van der Waals surface area contributed by atoms with E-state index in [-0.39, 0.29) is 12.3 Å². The minimum Gasteiger partial charge on any atom is -0.388 e. The first-order valence-corrected chi connectivity index (χ1v) is 6.63. The van der Waals surface area contributed by atoms with Crippen LogP contribution >= 0.6 is 11.6 Å². The zero-order chi connectivity index (χ0) is 14.4. The standard InChI is InChI=1S/C15H15ClN2O2/c16-14-7-6-11(9-17-14)10-18-15(20)8-13(19)12-4-2-1-3-5-12/h1-7,9,13,19H,8,10H2,(H,18,20). The number of carbonyl (C=O) groups excluding carboxylic acids is 1. The number of nitrogens with one attached hydrogen (secondary N) is 1. The number of hydrogen-bond donors (Lipinski definition) is 2. The smallest absolute Gasteiger partial charge is 0.223 e. The molecule has 0 aliphatic heterocycles. The zero-order valence-corrected chi connectivity index (χ0v) is 11.5. The highest BCUT2D eigenvalue weighted by molar-refractivity contribution is 6.29. The molecule has 4 nitrogen and oxygen atoms in total. The molecule has 0 radical (unpaired) electrons. The molecule has 0 aliphatic carbocycles. The molecule has 1 aromatic heterocycles. The van der Waals surface area contributed by atoms with Crippen molar-refractivity contribution in [1.29, 1.82) is 0 Å². The molecule has 1 aromatic carbocycles. The van der Waals surface area contributed by atoms with Crippen LogP contribution in [-0.4, -0.2) is 16.0 Å². The van der Waals surface area contributed by atoms with Crippen molar-refractivity contribution in [2.24, 2.45) is 0 Å². The average molecular weight is 291 g/mol. The van der Waals surface area contributed by atoms with Crippen molar-refractivity contribution in [2.75, 3.05) is 0 Å². The Bertz CT molecular complexity index is 558. The van der Waals surface area contributed by atoms with Crippen molar-refractivity contribution >= 4 is 17.5 Å². The number of aliphatic hydroxyl groups excluding tert-OH is 1. The topological polar surface area (TPSA) is 62.2 Å². The number of rotatable bonds is 5. The van der Waals surface area contributed by atoms with Gasteiger partial charge in [-0.3, -0.25) is 4.79 Å². The molecule has 104 valence electrons. The molecule has 1 amide bonds. The van der Waals surface area contributed by atoms with Crippen LogP contribution in [0.15, 0.2) is 48.7 Å². The highest BCUT2D eigenvalue weighted by atomic mass is 35.5. The molecule has 0 aliphatic rings. The predicted octanol–water partition coefficient (Wildman–Crippen LogP) is 2.47. The summed E-state index contributed by atoms with van der Waals surface area (Å²) in [7, 11) is 0. The maximum atomic E-state index is 11.7. The fraction of sp³-hybridized carbons (Fsp3) is 0.200. The van der Waals surface area contributed by atoms with Gasteiger partial charge in [0, 0.05) is 12.7 Å². The summed E-state index contributed by atoms with van der Waals surface area (Å²) in [5.41, 5.74) is 1.59. The van der Waals surface area contributed by atoms with Gasteiger partial charge in [0.25, 0.3) is 0 Å². The lowest BCUT2D eigenvalue weighted by atomic mass is 10.1. The van der Waals surface area contributed by atoms with Crippen LogP contribution in [0.1, 0.15) is 23.7 Å². The number of amides is 1. The lowest BCUT2D eigenvalue weighted by Gasteiger charge is -2.11. The number of nitrogens with zero attached hydrogens (tertiary/aromatic N) is 1. The van der Waals surface area contributed by atoms with Crippen molar-refractivity contribution < 1.29 is 9.90 Å². The third kappa shape index (κ3) is 4.33. The van der Waals surface area contributed by atoms with E-state index in [4.69, 9.17) is 11.6 Å². The number of pyridine rings is 1. The highest BCUT2D eigenvalue weighted by Crippen LogP contribution is 2.15. The minimum atomic E-state index is -0.792. The first-order chi connectivity index (χ1) is 9.65. The molecule has 0 fully saturated rings. The second-order valence-corrected chi connectivity index (χ2v) is 4.78. The lowest BCUT2D eigenvalue weighted by molar-refractivity contribution is -0.123. The zero-order valence-electron chi connectivity index (χ0n) is 10.8. The Labute approximate surface area is 122 Å². The largest absolute Gasteiger partial charge is 0.388 e. The second-order valence-electron chi connectivity index (χ2n) is 4.40. The van der Waals surface area contributed by atoms with E-state index in [9.17, 15) is 9.90 Å². The summed E-state index contributed by atoms with van der Waals surface area (Å²) in [6.45, 7) is 0.366. The van der Waals surface area contributed by atoms with Crippen molar-refractivity contribution in [2.45, 2.75) is 19.1 Å². The molecule has 1 atom stereocenters. The Morgan fingerprint density at radius 3 is 2.65 bits per heavy atom. The number of benzene rings is 1. The van der Waals surface area contributed by atoms with E-state index >= 15 is 0 Å². The average Bonchev–Trinajstić information content (AvgIpc) is 2.47. The van der Waals surface area contributed by atoms with Crippen LogP contribution in [0.2, 0.25) is 5.15 Å². The van der Waals surface area contributed by atoms with E-state index in [2.05, 4.69) is 10.3 Å². The van der Waals surface area contributed by atoms with Crippen LogP contribution < -0.4 is 5.32 Å². The molecular weight excluding hydrogens is 276 g/mol. The Morgan fingerprint density at radius 2 is 2.00 bits per heavy atom. The van der Waals surface area contributed by atoms with Gasteiger partial charge in [-0.1, -0.05) is 48.0 Å². The van der Waals surface area contributed by atoms with Crippen molar-refractivity contribution in [3.8, 4) is 0 Å². The van der Waals surface area contributed by atoms with Gasteiger partial charge in [0.1, 0.15) is 5.15 Å². The monoisotopic (exact) mass is 290 g/mol. The molecule has 0 spiro atoms. The van der Waals surface area contributed by atoms with Gasteiger partial charge in [-0.15, -0.1) is 0 Å². The van der Waals surface area contributed by atoms with Gasteiger partial charge < -0.3 is 10.4 Å². The summed E-state index contributed by atoms with van der Waals surface area (Å²) < 4.78 is 0. The lowest BCUT2D eigenvalue weighted by Crippen LogP contribution is -2.24. The number of hydrogen-bond acceptors (Lipinski definition) is 3. The second kappa shape index (κ2) is 7.03. The van der Waals surface area contributed by atoms with Gasteiger partial charge in [-0.05, 0) is 17.2 Å². The van der Waals surface area contributed by atoms with E-state index in [0.29, 0.717) is 11.7 Å². The molecule has 0 bridgehead atoms. The highest BCUT2D eigenvalue weighted by Gasteiger charge is 2.12. The quantitative estimate of drug-likeness (QED) is 0.832. The van der Waals surface area contributed by atoms with E-state index in [1.165, 1.54) is 0 Å². The number of aliphatic hydroxyl groups is 1. The SMILES string of the molecule is O=C(CC(O)c1ccccc1)NCc1ccc(Cl)nc1. The fourth-order valence-corrected chi connectivity index (χ4v) is 1.86. The molecule has 2 aromatic rings. The van der Waals surface area contributed by atoms with Crippen LogP contribution in [0.3, 0.4) is 0 Å². The molecule has 5 heteroatoms. The maximum absolute atomic E-state index is 11.7. The molecule has 1 unspecified atom stereocenters. The fourth-order valence-electron chi connectivity index (χ4n) is 1.75. The van der Waals surface area contributed by atoms with Crippen molar-refractivity contribution in [3.63, 3.8) is 0 Å². The summed E-state index contributed by atoms with van der Waals surface area (Å²) in [5.74, 6) is -0.212. The third-order valence-electron chi connectivity index (χ3n) is 2.84. The van der Waals surface area contributed by atoms with E-state index in [1.807, 2.05) is 18.2 Å². The van der Waals surface area contributed by atoms with Gasteiger partial charge in [0.15, 0.2) is 0 Å². The summed E-state index contributed by atoms with van der Waals surface area (Å²) in [6.07, 6.45) is 0.848. The van der Waals surface area contributed by atoms with Crippen LogP contribution in [0.4, 0.5) is 0 Å². The Kier molecular flexibility index (Phi) is 5.09. The van der Waals surface area contributed by atoms with Gasteiger partial charge in [0.2, 0.25) is 5.91 Å². The van der Waals surface area contributed by atoms with E-state index in [1.54, 1.807) is 30.5 Å². The Morgan fingerprint density at radius 1 is 1.25 bits per heavy atom. The number of carbonyl (C=O) groups is 1. The molecule has 0 saturated heterocycles. The van der Waals surface area contributed by atoms with Crippen LogP contribution in [0.5, 0.6) is 0 Å². The van der Waals surface area contributed by atoms with Crippen molar-refractivity contribution in [1.82, 2.24) is 10.3 Å². The van der Waals surface area contributed by atoms with E-state index in [0.717, 1.165) is 11.1 Å². The minimum absolute atomic E-state index is 0.0328. The molecule has 20 heavy (non-hydrogen) atoms. The number of aromatic nitrogens is 1. The first-order valence-electron chi connectivity index (χ1n) is 6.25. The summed E-state index contributed by atoms with van der Waals surface area (Å²) in [6, 6.07) is 12.6. The number of halogens is 1. The van der Waals surface area contributed by atoms with Gasteiger partial charge in [0.05, 0.1) is 12.5 Å². The molecule has 1 heterocycles. The summed E-state index contributed by atoms with van der Waals surface area (Å²) >= 11 is 5.68. The molecule has 2 rings (SSSR count). The summed E-state index contributed by atoms with van der Waals surface area (Å²) in [4.78, 5) is 15.7. The van der Waals surface area contributed by atoms with Crippen molar-refractivity contribution in [3.05, 3.63) is 64.9 Å².